The van der Waals surface area contributed by atoms with Crippen molar-refractivity contribution in [1.82, 2.24) is 25.0 Å². The van der Waals surface area contributed by atoms with Gasteiger partial charge in [-0.3, -0.25) is 9.78 Å². The molecule has 5 rings (SSSR count). The summed E-state index contributed by atoms with van der Waals surface area (Å²) in [4.78, 5) is 22.7. The lowest BCUT2D eigenvalue weighted by molar-refractivity contribution is -0.127. The number of fused-ring (bicyclic) bond motifs is 1. The maximum atomic E-state index is 15.0. The van der Waals surface area contributed by atoms with Crippen LogP contribution in [0.2, 0.25) is 0 Å². The number of amides is 1. The van der Waals surface area contributed by atoms with Crippen LogP contribution in [0.3, 0.4) is 0 Å². The van der Waals surface area contributed by atoms with Gasteiger partial charge in [0.25, 0.3) is 0 Å². The quantitative estimate of drug-likeness (QED) is 0.519. The zero-order chi connectivity index (χ0) is 24.4. The Kier molecular flexibility index (Phi) is 6.17. The van der Waals surface area contributed by atoms with Crippen LogP contribution in [0.4, 0.5) is 4.39 Å². The number of aromatic nitrogens is 3. The van der Waals surface area contributed by atoms with Crippen molar-refractivity contribution in [3.63, 3.8) is 0 Å². The first-order chi connectivity index (χ1) is 17.0. The summed E-state index contributed by atoms with van der Waals surface area (Å²) in [6, 6.07) is 10.1. The molecule has 1 saturated heterocycles. The number of rotatable bonds is 6. The molecule has 3 N–H and O–H groups in total. The Balaban J connectivity index is 1.48. The third kappa shape index (κ3) is 4.46. The molecule has 180 valence electrons. The highest BCUT2D eigenvalue weighted by molar-refractivity contribution is 5.87. The summed E-state index contributed by atoms with van der Waals surface area (Å²) in [5.41, 5.74) is 8.71. The number of halogens is 1. The average molecular weight is 476 g/mol. The van der Waals surface area contributed by atoms with E-state index in [2.05, 4.69) is 21.9 Å². The van der Waals surface area contributed by atoms with E-state index < -0.39 is 5.82 Å². The average Bonchev–Trinajstić information content (AvgIpc) is 3.29. The number of carbonyl (C=O) groups excluding carboxylic acids is 1. The summed E-state index contributed by atoms with van der Waals surface area (Å²) in [6.45, 7) is 5.25. The molecule has 1 fully saturated rings. The number of piperidine rings is 1. The van der Waals surface area contributed by atoms with Crippen molar-refractivity contribution in [3.8, 4) is 17.0 Å². The van der Waals surface area contributed by atoms with E-state index in [9.17, 15) is 9.18 Å². The molecule has 0 aliphatic carbocycles. The lowest BCUT2D eigenvalue weighted by Crippen LogP contribution is -2.47. The van der Waals surface area contributed by atoms with Crippen molar-refractivity contribution in [3.05, 3.63) is 77.5 Å². The maximum absolute atomic E-state index is 15.0. The van der Waals surface area contributed by atoms with Crippen molar-refractivity contribution < 1.29 is 13.9 Å². The molecule has 2 aliphatic heterocycles. The van der Waals surface area contributed by atoms with Gasteiger partial charge in [-0.1, -0.05) is 12.6 Å². The molecule has 9 nitrogen and oxygen atoms in total. The Morgan fingerprint density at radius 2 is 2.23 bits per heavy atom. The fourth-order valence-corrected chi connectivity index (χ4v) is 4.45. The largest absolute Gasteiger partial charge is 0.484 e. The van der Waals surface area contributed by atoms with E-state index in [0.717, 1.165) is 12.8 Å². The van der Waals surface area contributed by atoms with E-state index in [1.807, 2.05) is 22.9 Å². The summed E-state index contributed by atoms with van der Waals surface area (Å²) < 4.78 is 22.4. The molecule has 10 heteroatoms. The number of nitrogens with one attached hydrogen (secondary N) is 1. The van der Waals surface area contributed by atoms with E-state index in [1.54, 1.807) is 23.2 Å². The summed E-state index contributed by atoms with van der Waals surface area (Å²) in [6.07, 6.45) is 4.66. The molecular weight excluding hydrogens is 449 g/mol. The van der Waals surface area contributed by atoms with Crippen molar-refractivity contribution in [2.24, 2.45) is 10.7 Å². The van der Waals surface area contributed by atoms with Crippen LogP contribution < -0.4 is 26.5 Å². The van der Waals surface area contributed by atoms with Crippen molar-refractivity contribution in [1.29, 1.82) is 0 Å². The molecule has 35 heavy (non-hydrogen) atoms. The van der Waals surface area contributed by atoms with E-state index >= 15 is 0 Å². The lowest BCUT2D eigenvalue weighted by atomic mass is 10.1. The van der Waals surface area contributed by atoms with Crippen LogP contribution in [0.1, 0.15) is 24.6 Å². The Morgan fingerprint density at radius 1 is 1.34 bits per heavy atom. The highest BCUT2D eigenvalue weighted by Crippen LogP contribution is 2.25. The van der Waals surface area contributed by atoms with Gasteiger partial charge in [0.15, 0.2) is 17.1 Å². The van der Waals surface area contributed by atoms with Gasteiger partial charge in [0, 0.05) is 24.8 Å². The Hall–Kier alpha value is -4.21. The number of hydrogen-bond donors (Lipinski definition) is 2. The molecular formula is C25H26FN7O2. The Labute approximate surface area is 201 Å². The second-order valence-corrected chi connectivity index (χ2v) is 8.44. The lowest BCUT2D eigenvalue weighted by Gasteiger charge is -2.32. The molecule has 4 heterocycles. The summed E-state index contributed by atoms with van der Waals surface area (Å²) in [7, 11) is 0. The van der Waals surface area contributed by atoms with Crippen molar-refractivity contribution in [2.45, 2.75) is 25.5 Å². The number of likely N-dealkylation sites (tertiary alicyclic amines) is 1. The standard InChI is InChI=1S/C25H26FN7O2/c1-2-21(34)32-11-5-7-18(13-32)33-25-22(24(27)29-15-30-25)23(31-33)16-8-9-20(19(26)12-16)35-14-17-6-3-4-10-28-17/h2-4,6,8-10,12,18,29H,1,5,7,11,13-15,27H2/t18-/m1/s1. The van der Waals surface area contributed by atoms with Gasteiger partial charge in [0.05, 0.1) is 17.0 Å². The Bertz CT molecular complexity index is 1390. The number of carbonyl (C=O) groups is 1. The number of benzene rings is 1. The molecule has 0 saturated carbocycles. The fourth-order valence-electron chi connectivity index (χ4n) is 4.45. The van der Waals surface area contributed by atoms with Gasteiger partial charge >= 0.3 is 0 Å². The molecule has 3 aromatic rings. The normalized spacial score (nSPS) is 17.2. The predicted octanol–water partition coefficient (Wildman–Crippen LogP) is 1.22. The molecule has 2 aliphatic rings. The second kappa shape index (κ2) is 9.57. The molecule has 0 unspecified atom stereocenters. The van der Waals surface area contributed by atoms with Crippen molar-refractivity contribution in [2.75, 3.05) is 19.8 Å². The minimum absolute atomic E-state index is 0.0735. The van der Waals surface area contributed by atoms with Gasteiger partial charge in [-0.05, 0) is 49.2 Å². The number of hydrogen-bond acceptors (Lipinski definition) is 7. The van der Waals surface area contributed by atoms with Gasteiger partial charge in [0.2, 0.25) is 5.91 Å². The van der Waals surface area contributed by atoms with Crippen LogP contribution in [-0.4, -0.2) is 45.3 Å². The van der Waals surface area contributed by atoms with Crippen LogP contribution >= 0.6 is 0 Å². The van der Waals surface area contributed by atoms with Crippen molar-refractivity contribution >= 4 is 11.7 Å². The zero-order valence-corrected chi connectivity index (χ0v) is 19.2. The van der Waals surface area contributed by atoms with Gasteiger partial charge in [-0.25, -0.2) is 14.1 Å². The van der Waals surface area contributed by atoms with Gasteiger partial charge in [-0.15, -0.1) is 0 Å². The molecule has 0 radical (unpaired) electrons. The minimum atomic E-state index is -0.513. The molecule has 1 atom stereocenters. The Morgan fingerprint density at radius 3 is 3.00 bits per heavy atom. The first kappa shape index (κ1) is 22.6. The van der Waals surface area contributed by atoms with Crippen LogP contribution in [-0.2, 0) is 11.4 Å². The smallest absolute Gasteiger partial charge is 0.246 e. The summed E-state index contributed by atoms with van der Waals surface area (Å²) in [5, 5.41) is 8.49. The van der Waals surface area contributed by atoms with E-state index in [0.29, 0.717) is 53.2 Å². The molecule has 1 amide bonds. The van der Waals surface area contributed by atoms with Gasteiger partial charge < -0.3 is 20.7 Å². The number of nitrogens with zero attached hydrogens (tertiary/aromatic N) is 5. The van der Waals surface area contributed by atoms with Gasteiger partial charge in [-0.2, -0.15) is 5.10 Å². The molecule has 0 bridgehead atoms. The van der Waals surface area contributed by atoms with E-state index in [4.69, 9.17) is 15.6 Å². The zero-order valence-electron chi connectivity index (χ0n) is 19.2. The molecule has 1 aromatic carbocycles. The second-order valence-electron chi connectivity index (χ2n) is 8.44. The number of ether oxygens (including phenoxy) is 1. The highest BCUT2D eigenvalue weighted by atomic mass is 19.1. The predicted molar refractivity (Wildman–Crippen MR) is 128 cm³/mol. The number of nitrogens with two attached hydrogens (primary N) is 1. The maximum Gasteiger partial charge on any atom is 0.246 e. The van der Waals surface area contributed by atoms with Gasteiger partial charge in [0.1, 0.15) is 24.8 Å². The molecule has 0 spiro atoms. The third-order valence-corrected chi connectivity index (χ3v) is 6.19. The first-order valence-electron chi connectivity index (χ1n) is 11.5. The third-order valence-electron chi connectivity index (χ3n) is 6.19. The molecule has 2 aromatic heterocycles. The van der Waals surface area contributed by atoms with Crippen LogP contribution in [0.25, 0.3) is 17.1 Å². The van der Waals surface area contributed by atoms with Crippen LogP contribution in [0, 0.1) is 5.82 Å². The summed E-state index contributed by atoms with van der Waals surface area (Å²) >= 11 is 0. The first-order valence-corrected chi connectivity index (χ1v) is 11.5. The SMILES string of the molecule is C=CC(=O)N1CCC[C@@H](n2nc(-c3ccc(OCc4ccccn4)c(F)c3)c3c2=NCNC=3N)C1. The van der Waals surface area contributed by atoms with Crippen LogP contribution in [0.15, 0.2) is 60.2 Å². The number of pyridine rings is 1. The van der Waals surface area contributed by atoms with E-state index in [-0.39, 0.29) is 24.3 Å². The highest BCUT2D eigenvalue weighted by Gasteiger charge is 2.27. The van der Waals surface area contributed by atoms with Crippen LogP contribution in [0.5, 0.6) is 5.75 Å². The van der Waals surface area contributed by atoms with E-state index in [1.165, 1.54) is 12.1 Å². The topological polar surface area (TPSA) is 111 Å². The monoisotopic (exact) mass is 475 g/mol. The minimum Gasteiger partial charge on any atom is -0.484 e. The summed E-state index contributed by atoms with van der Waals surface area (Å²) in [5.74, 6) is -0.0641. The fraction of sp³-hybridized carbons (Fsp3) is 0.280.